The van der Waals surface area contributed by atoms with Crippen LogP contribution >= 0.6 is 27.5 Å². The molecule has 32 heavy (non-hydrogen) atoms. The largest absolute Gasteiger partial charge is 0.488 e. The predicted molar refractivity (Wildman–Crippen MR) is 133 cm³/mol. The fourth-order valence-corrected chi connectivity index (χ4v) is 4.22. The molecule has 1 heterocycles. The number of hydrazone groups is 1. The Balaban J connectivity index is 1.31. The third-order valence-electron chi connectivity index (χ3n) is 5.28. The second-order valence-electron chi connectivity index (χ2n) is 7.51. The Hall–Kier alpha value is -2.83. The van der Waals surface area contributed by atoms with E-state index >= 15 is 0 Å². The normalized spacial score (nSPS) is 13.5. The molecule has 1 aliphatic rings. The molecule has 0 bridgehead atoms. The number of hydrogen-bond acceptors (Lipinski definition) is 4. The molecule has 164 valence electrons. The van der Waals surface area contributed by atoms with Crippen molar-refractivity contribution in [2.45, 2.75) is 19.4 Å². The first kappa shape index (κ1) is 22.4. The molecule has 7 heteroatoms. The van der Waals surface area contributed by atoms with Gasteiger partial charge in [0.15, 0.2) is 0 Å². The maximum Gasteiger partial charge on any atom is 0.271 e. The van der Waals surface area contributed by atoms with Gasteiger partial charge in [0.25, 0.3) is 5.91 Å². The molecule has 0 aliphatic carbocycles. The fraction of sp³-hybridized carbons (Fsp3) is 0.200. The maximum atomic E-state index is 12.4. The molecule has 5 nitrogen and oxygen atoms in total. The summed E-state index contributed by atoms with van der Waals surface area (Å²) in [7, 11) is 0. The van der Waals surface area contributed by atoms with Gasteiger partial charge in [0.2, 0.25) is 0 Å². The average molecular weight is 513 g/mol. The highest BCUT2D eigenvalue weighted by atomic mass is 79.9. The van der Waals surface area contributed by atoms with Crippen molar-refractivity contribution in [2.24, 2.45) is 5.10 Å². The van der Waals surface area contributed by atoms with Gasteiger partial charge in [-0.1, -0.05) is 29.8 Å². The minimum atomic E-state index is -0.243. The van der Waals surface area contributed by atoms with E-state index in [2.05, 4.69) is 31.4 Å². The van der Waals surface area contributed by atoms with E-state index in [4.69, 9.17) is 16.3 Å². The lowest BCUT2D eigenvalue weighted by atomic mass is 10.2. The molecule has 3 aromatic carbocycles. The van der Waals surface area contributed by atoms with Gasteiger partial charge in [-0.2, -0.15) is 5.10 Å². The summed E-state index contributed by atoms with van der Waals surface area (Å²) in [6, 6.07) is 20.8. The lowest BCUT2D eigenvalue weighted by Crippen LogP contribution is -2.19. The van der Waals surface area contributed by atoms with Crippen LogP contribution < -0.4 is 15.1 Å². The summed E-state index contributed by atoms with van der Waals surface area (Å²) in [4.78, 5) is 14.7. The van der Waals surface area contributed by atoms with Crippen molar-refractivity contribution >= 4 is 45.3 Å². The first-order valence-electron chi connectivity index (χ1n) is 10.4. The number of carbonyl (C=O) groups excluding carboxylic acids is 1. The van der Waals surface area contributed by atoms with E-state index in [1.54, 1.807) is 6.21 Å². The lowest BCUT2D eigenvalue weighted by Gasteiger charge is -2.17. The van der Waals surface area contributed by atoms with Gasteiger partial charge in [0.05, 0.1) is 10.7 Å². The number of anilines is 1. The molecule has 0 spiro atoms. The van der Waals surface area contributed by atoms with Crippen molar-refractivity contribution in [1.82, 2.24) is 5.43 Å². The van der Waals surface area contributed by atoms with Gasteiger partial charge in [-0.3, -0.25) is 4.79 Å². The van der Waals surface area contributed by atoms with E-state index in [0.717, 1.165) is 34.4 Å². The Morgan fingerprint density at radius 3 is 2.56 bits per heavy atom. The van der Waals surface area contributed by atoms with Gasteiger partial charge in [0.1, 0.15) is 12.4 Å². The Morgan fingerprint density at radius 1 is 1.09 bits per heavy atom. The molecule has 3 aromatic rings. The summed E-state index contributed by atoms with van der Waals surface area (Å²) in [5.41, 5.74) is 6.06. The second kappa shape index (κ2) is 10.7. The second-order valence-corrected chi connectivity index (χ2v) is 8.77. The van der Waals surface area contributed by atoms with E-state index in [0.29, 0.717) is 22.9 Å². The van der Waals surface area contributed by atoms with E-state index < -0.39 is 0 Å². The molecule has 0 radical (unpaired) electrons. The van der Waals surface area contributed by atoms with Crippen LogP contribution in [0.2, 0.25) is 5.02 Å². The van der Waals surface area contributed by atoms with Crippen LogP contribution in [0.15, 0.2) is 76.3 Å². The highest BCUT2D eigenvalue weighted by Crippen LogP contribution is 2.27. The van der Waals surface area contributed by atoms with Gasteiger partial charge in [-0.25, -0.2) is 5.43 Å². The maximum absolute atomic E-state index is 12.4. The third-order valence-corrected chi connectivity index (χ3v) is 6.27. The van der Waals surface area contributed by atoms with Crippen molar-refractivity contribution in [2.75, 3.05) is 18.0 Å². The van der Waals surface area contributed by atoms with Crippen LogP contribution in [-0.4, -0.2) is 25.2 Å². The molecule has 0 atom stereocenters. The molecule has 0 unspecified atom stereocenters. The first-order valence-corrected chi connectivity index (χ1v) is 11.6. The Kier molecular flexibility index (Phi) is 7.45. The number of carbonyl (C=O) groups is 1. The minimum absolute atomic E-state index is 0.243. The van der Waals surface area contributed by atoms with Crippen molar-refractivity contribution in [3.05, 3.63) is 92.9 Å². The van der Waals surface area contributed by atoms with Crippen molar-refractivity contribution < 1.29 is 9.53 Å². The van der Waals surface area contributed by atoms with Gasteiger partial charge >= 0.3 is 0 Å². The zero-order valence-corrected chi connectivity index (χ0v) is 19.8. The average Bonchev–Trinajstić information content (AvgIpc) is 3.35. The Bertz CT molecular complexity index is 1110. The van der Waals surface area contributed by atoms with Crippen LogP contribution in [0.5, 0.6) is 5.75 Å². The quantitative estimate of drug-likeness (QED) is 0.310. The number of rotatable bonds is 7. The Morgan fingerprint density at radius 2 is 1.84 bits per heavy atom. The minimum Gasteiger partial charge on any atom is -0.488 e. The topological polar surface area (TPSA) is 53.9 Å². The van der Waals surface area contributed by atoms with E-state index in [-0.39, 0.29) is 5.91 Å². The zero-order chi connectivity index (χ0) is 22.3. The van der Waals surface area contributed by atoms with Crippen LogP contribution in [0.3, 0.4) is 0 Å². The summed E-state index contributed by atoms with van der Waals surface area (Å²) in [5, 5.41) is 4.75. The van der Waals surface area contributed by atoms with Gasteiger partial charge < -0.3 is 9.64 Å². The number of halogens is 2. The predicted octanol–water partition coefficient (Wildman–Crippen LogP) is 6.05. The van der Waals surface area contributed by atoms with Gasteiger partial charge in [0, 0.05) is 34.9 Å². The van der Waals surface area contributed by atoms with Crippen LogP contribution in [0.25, 0.3) is 0 Å². The molecule has 0 aromatic heterocycles. The molecular weight excluding hydrogens is 490 g/mol. The molecular formula is C25H23BrClN3O2. The number of nitrogens with one attached hydrogen (secondary N) is 1. The molecule has 1 fully saturated rings. The Labute approximate surface area is 201 Å². The fourth-order valence-electron chi connectivity index (χ4n) is 3.51. The summed E-state index contributed by atoms with van der Waals surface area (Å²) in [6.07, 6.45) is 4.04. The molecule has 1 aliphatic heterocycles. The first-order chi connectivity index (χ1) is 15.6. The summed E-state index contributed by atoms with van der Waals surface area (Å²) in [6.45, 7) is 2.53. The summed E-state index contributed by atoms with van der Waals surface area (Å²) in [5.74, 6) is 0.456. The SMILES string of the molecule is O=C(N/N=C\c1ccc(OCc2ccccc2Cl)c(Br)c1)c1ccc(N2CCCC2)cc1. The van der Waals surface area contributed by atoms with Crippen LogP contribution in [-0.2, 0) is 6.61 Å². The molecule has 4 rings (SSSR count). The molecule has 1 amide bonds. The van der Waals surface area contributed by atoms with E-state index in [1.807, 2.05) is 66.7 Å². The number of nitrogens with zero attached hydrogens (tertiary/aromatic N) is 2. The van der Waals surface area contributed by atoms with Crippen molar-refractivity contribution in [3.63, 3.8) is 0 Å². The van der Waals surface area contributed by atoms with Gasteiger partial charge in [-0.15, -0.1) is 0 Å². The summed E-state index contributed by atoms with van der Waals surface area (Å²) < 4.78 is 6.65. The van der Waals surface area contributed by atoms with Crippen LogP contribution in [0, 0.1) is 0 Å². The monoisotopic (exact) mass is 511 g/mol. The number of ether oxygens (including phenoxy) is 1. The van der Waals surface area contributed by atoms with Gasteiger partial charge in [-0.05, 0) is 82.9 Å². The summed E-state index contributed by atoms with van der Waals surface area (Å²) >= 11 is 9.69. The van der Waals surface area contributed by atoms with E-state index in [9.17, 15) is 4.79 Å². The van der Waals surface area contributed by atoms with E-state index in [1.165, 1.54) is 12.8 Å². The smallest absolute Gasteiger partial charge is 0.271 e. The van der Waals surface area contributed by atoms with Crippen LogP contribution in [0.1, 0.15) is 34.3 Å². The highest BCUT2D eigenvalue weighted by molar-refractivity contribution is 9.10. The molecule has 1 saturated heterocycles. The standard InChI is InChI=1S/C25H23BrClN3O2/c26-22-15-18(7-12-24(22)32-17-20-5-1-2-6-23(20)27)16-28-29-25(31)19-8-10-21(11-9-19)30-13-3-4-14-30/h1-2,5-12,15-16H,3-4,13-14,17H2,(H,29,31)/b28-16-. The van der Waals surface area contributed by atoms with Crippen molar-refractivity contribution in [3.8, 4) is 5.75 Å². The number of benzene rings is 3. The highest BCUT2D eigenvalue weighted by Gasteiger charge is 2.13. The number of amides is 1. The molecule has 0 saturated carbocycles. The number of hydrogen-bond donors (Lipinski definition) is 1. The zero-order valence-electron chi connectivity index (χ0n) is 17.4. The van der Waals surface area contributed by atoms with Crippen LogP contribution in [0.4, 0.5) is 5.69 Å². The lowest BCUT2D eigenvalue weighted by molar-refractivity contribution is 0.0955. The van der Waals surface area contributed by atoms with Crippen molar-refractivity contribution in [1.29, 1.82) is 0 Å². The third kappa shape index (κ3) is 5.69. The molecule has 1 N–H and O–H groups in total.